The predicted molar refractivity (Wildman–Crippen MR) is 79.4 cm³/mol. The number of rotatable bonds is 4. The van der Waals surface area contributed by atoms with Gasteiger partial charge in [0.05, 0.1) is 6.10 Å². The van der Waals surface area contributed by atoms with Crippen LogP contribution in [0.1, 0.15) is 11.7 Å². The first-order chi connectivity index (χ1) is 11.4. The van der Waals surface area contributed by atoms with E-state index in [0.29, 0.717) is 6.07 Å². The van der Waals surface area contributed by atoms with Gasteiger partial charge in [0.2, 0.25) is 0 Å². The van der Waals surface area contributed by atoms with E-state index in [1.165, 1.54) is 18.2 Å². The summed E-state index contributed by atoms with van der Waals surface area (Å²) in [6, 6.07) is 7.71. The second kappa shape index (κ2) is 7.60. The van der Waals surface area contributed by atoms with Crippen molar-refractivity contribution in [3.05, 3.63) is 65.5 Å². The molecule has 0 heterocycles. The van der Waals surface area contributed by atoms with Gasteiger partial charge in [0.15, 0.2) is 0 Å². The third kappa shape index (κ3) is 4.56. The van der Waals surface area contributed by atoms with Crippen molar-refractivity contribution in [2.75, 3.05) is 11.9 Å². The molecule has 24 heavy (non-hydrogen) atoms. The summed E-state index contributed by atoms with van der Waals surface area (Å²) in [7, 11) is 0. The van der Waals surface area contributed by atoms with Crippen molar-refractivity contribution < 1.29 is 27.9 Å². The molecule has 0 spiro atoms. The Morgan fingerprint density at radius 2 is 1.62 bits per heavy atom. The third-order valence-corrected chi connectivity index (χ3v) is 3.05. The normalized spacial score (nSPS) is 11.7. The Balaban J connectivity index is 1.92. The Morgan fingerprint density at radius 3 is 2.25 bits per heavy atom. The summed E-state index contributed by atoms with van der Waals surface area (Å²) in [6.45, 7) is -0.412. The molecule has 0 fully saturated rings. The molecule has 0 saturated heterocycles. The molecule has 2 amide bonds. The summed E-state index contributed by atoms with van der Waals surface area (Å²) < 4.78 is 39.5. The van der Waals surface area contributed by atoms with E-state index in [-0.39, 0.29) is 11.3 Å². The average Bonchev–Trinajstić information content (AvgIpc) is 2.51. The molecule has 2 rings (SSSR count). The van der Waals surface area contributed by atoms with Gasteiger partial charge in [-0.2, -0.15) is 0 Å². The van der Waals surface area contributed by atoms with E-state index < -0.39 is 41.9 Å². The first kappa shape index (κ1) is 17.5. The van der Waals surface area contributed by atoms with Crippen molar-refractivity contribution in [3.8, 4) is 0 Å². The quantitative estimate of drug-likeness (QED) is 0.745. The highest BCUT2D eigenvalue weighted by molar-refractivity contribution is 6.39. The Hall–Kier alpha value is -2.87. The standard InChI is InChI=1S/C16H13F3N2O3/c17-9-5-10(18)7-11(6-9)21-16(24)15(23)20-8-14(22)12-3-1-2-4-13(12)19/h1-7,14,22H,8H2,(H,20,23)(H,21,24). The van der Waals surface area contributed by atoms with Crippen molar-refractivity contribution in [2.24, 2.45) is 0 Å². The number of amides is 2. The second-order valence-electron chi connectivity index (χ2n) is 4.86. The van der Waals surface area contributed by atoms with Crippen LogP contribution in [0.5, 0.6) is 0 Å². The Kier molecular flexibility index (Phi) is 5.54. The van der Waals surface area contributed by atoms with Crippen LogP contribution in [-0.2, 0) is 9.59 Å². The zero-order valence-electron chi connectivity index (χ0n) is 12.2. The van der Waals surface area contributed by atoms with E-state index in [9.17, 15) is 27.9 Å². The summed E-state index contributed by atoms with van der Waals surface area (Å²) in [5, 5.41) is 13.9. The van der Waals surface area contributed by atoms with Crippen LogP contribution in [0.25, 0.3) is 0 Å². The number of aliphatic hydroxyl groups is 1. The maximum Gasteiger partial charge on any atom is 0.313 e. The predicted octanol–water partition coefficient (Wildman–Crippen LogP) is 1.89. The summed E-state index contributed by atoms with van der Waals surface area (Å²) in [6.07, 6.45) is -1.35. The van der Waals surface area contributed by atoms with Crippen LogP contribution >= 0.6 is 0 Å². The van der Waals surface area contributed by atoms with E-state index in [2.05, 4.69) is 5.32 Å². The molecule has 5 nitrogen and oxygen atoms in total. The van der Waals surface area contributed by atoms with Crippen molar-refractivity contribution in [1.82, 2.24) is 5.32 Å². The minimum Gasteiger partial charge on any atom is -0.386 e. The number of carbonyl (C=O) groups excluding carboxylic acids is 2. The van der Waals surface area contributed by atoms with Gasteiger partial charge in [-0.05, 0) is 18.2 Å². The summed E-state index contributed by atoms with van der Waals surface area (Å²) >= 11 is 0. The topological polar surface area (TPSA) is 78.4 Å². The lowest BCUT2D eigenvalue weighted by molar-refractivity contribution is -0.136. The van der Waals surface area contributed by atoms with Gasteiger partial charge < -0.3 is 15.7 Å². The third-order valence-electron chi connectivity index (χ3n) is 3.05. The van der Waals surface area contributed by atoms with Gasteiger partial charge in [0.25, 0.3) is 0 Å². The van der Waals surface area contributed by atoms with Gasteiger partial charge in [-0.1, -0.05) is 18.2 Å². The first-order valence-electron chi connectivity index (χ1n) is 6.84. The second-order valence-corrected chi connectivity index (χ2v) is 4.86. The first-order valence-corrected chi connectivity index (χ1v) is 6.84. The molecule has 3 N–H and O–H groups in total. The summed E-state index contributed by atoms with van der Waals surface area (Å²) in [5.74, 6) is -4.81. The fraction of sp³-hybridized carbons (Fsp3) is 0.125. The van der Waals surface area contributed by atoms with Crippen LogP contribution in [0, 0.1) is 17.5 Å². The maximum atomic E-state index is 13.5. The Morgan fingerprint density at radius 1 is 1.00 bits per heavy atom. The molecular weight excluding hydrogens is 325 g/mol. The van der Waals surface area contributed by atoms with Gasteiger partial charge in [-0.15, -0.1) is 0 Å². The fourth-order valence-corrected chi connectivity index (χ4v) is 1.94. The summed E-state index contributed by atoms with van der Waals surface area (Å²) in [4.78, 5) is 23.2. The van der Waals surface area contributed by atoms with Gasteiger partial charge in [-0.3, -0.25) is 9.59 Å². The molecule has 126 valence electrons. The lowest BCUT2D eigenvalue weighted by Crippen LogP contribution is -2.37. The van der Waals surface area contributed by atoms with E-state index >= 15 is 0 Å². The van der Waals surface area contributed by atoms with Crippen molar-refractivity contribution in [3.63, 3.8) is 0 Å². The number of hydrogen-bond donors (Lipinski definition) is 3. The smallest absolute Gasteiger partial charge is 0.313 e. The maximum absolute atomic E-state index is 13.5. The molecule has 0 aliphatic rings. The van der Waals surface area contributed by atoms with Crippen molar-refractivity contribution in [1.29, 1.82) is 0 Å². The molecule has 2 aromatic carbocycles. The van der Waals surface area contributed by atoms with Crippen LogP contribution in [-0.4, -0.2) is 23.5 Å². The average molecular weight is 338 g/mol. The van der Waals surface area contributed by atoms with E-state index in [4.69, 9.17) is 0 Å². The molecule has 1 atom stereocenters. The number of hydrogen-bond acceptors (Lipinski definition) is 3. The number of benzene rings is 2. The molecule has 0 aliphatic heterocycles. The van der Waals surface area contributed by atoms with Crippen LogP contribution in [0.2, 0.25) is 0 Å². The fourth-order valence-electron chi connectivity index (χ4n) is 1.94. The zero-order valence-corrected chi connectivity index (χ0v) is 12.2. The highest BCUT2D eigenvalue weighted by Crippen LogP contribution is 2.16. The van der Waals surface area contributed by atoms with Gasteiger partial charge >= 0.3 is 11.8 Å². The van der Waals surface area contributed by atoms with E-state index in [1.807, 2.05) is 5.32 Å². The van der Waals surface area contributed by atoms with Crippen LogP contribution in [0.4, 0.5) is 18.9 Å². The molecule has 2 aromatic rings. The molecule has 0 saturated carbocycles. The number of aliphatic hydroxyl groups excluding tert-OH is 1. The molecule has 8 heteroatoms. The minimum absolute atomic E-state index is 0.0367. The molecule has 0 bridgehead atoms. The number of anilines is 1. The number of nitrogens with one attached hydrogen (secondary N) is 2. The molecule has 0 aliphatic carbocycles. The molecule has 0 aromatic heterocycles. The Bertz CT molecular complexity index is 748. The molecular formula is C16H13F3N2O3. The molecule has 1 unspecified atom stereocenters. The zero-order chi connectivity index (χ0) is 17.7. The number of carbonyl (C=O) groups is 2. The van der Waals surface area contributed by atoms with Crippen molar-refractivity contribution in [2.45, 2.75) is 6.10 Å². The van der Waals surface area contributed by atoms with E-state index in [1.54, 1.807) is 0 Å². The number of halogens is 3. The lowest BCUT2D eigenvalue weighted by Gasteiger charge is -2.13. The molecule has 0 radical (unpaired) electrons. The lowest BCUT2D eigenvalue weighted by atomic mass is 10.1. The van der Waals surface area contributed by atoms with Gasteiger partial charge in [0.1, 0.15) is 17.5 Å². The largest absolute Gasteiger partial charge is 0.386 e. The van der Waals surface area contributed by atoms with Crippen LogP contribution in [0.3, 0.4) is 0 Å². The SMILES string of the molecule is O=C(NCC(O)c1ccccc1F)C(=O)Nc1cc(F)cc(F)c1. The van der Waals surface area contributed by atoms with Gasteiger partial charge in [-0.25, -0.2) is 13.2 Å². The monoisotopic (exact) mass is 338 g/mol. The Labute approximate surface area is 135 Å². The van der Waals surface area contributed by atoms with Crippen molar-refractivity contribution >= 4 is 17.5 Å². The van der Waals surface area contributed by atoms with Gasteiger partial charge in [0, 0.05) is 23.9 Å². The highest BCUT2D eigenvalue weighted by atomic mass is 19.1. The van der Waals surface area contributed by atoms with Crippen LogP contribution in [0.15, 0.2) is 42.5 Å². The summed E-state index contributed by atoms with van der Waals surface area (Å²) in [5.41, 5.74) is -0.271. The minimum atomic E-state index is -1.35. The van der Waals surface area contributed by atoms with Crippen LogP contribution < -0.4 is 10.6 Å². The highest BCUT2D eigenvalue weighted by Gasteiger charge is 2.18. The van der Waals surface area contributed by atoms with E-state index in [0.717, 1.165) is 18.2 Å².